The summed E-state index contributed by atoms with van der Waals surface area (Å²) in [6, 6.07) is 12.9. The van der Waals surface area contributed by atoms with Gasteiger partial charge in [-0.05, 0) is 55.2 Å². The Labute approximate surface area is 209 Å². The minimum Gasteiger partial charge on any atom is -0.497 e. The summed E-state index contributed by atoms with van der Waals surface area (Å²) >= 11 is 0. The Morgan fingerprint density at radius 1 is 0.886 bits per heavy atom. The van der Waals surface area contributed by atoms with E-state index in [0.29, 0.717) is 35.7 Å². The first-order chi connectivity index (χ1) is 16.8. The molecule has 0 saturated heterocycles. The lowest BCUT2D eigenvalue weighted by Gasteiger charge is -2.30. The van der Waals surface area contributed by atoms with Gasteiger partial charge in [0, 0.05) is 18.7 Å². The molecule has 1 atom stereocenters. The number of unbranched alkanes of at least 4 members (excludes halogenated alkanes) is 2. The van der Waals surface area contributed by atoms with Crippen molar-refractivity contribution in [3.8, 4) is 5.75 Å². The molecule has 0 unspecified atom stereocenters. The van der Waals surface area contributed by atoms with Gasteiger partial charge in [-0.1, -0.05) is 52.7 Å². The third-order valence-corrected chi connectivity index (χ3v) is 5.87. The highest BCUT2D eigenvalue weighted by Gasteiger charge is 2.29. The van der Waals surface area contributed by atoms with Gasteiger partial charge in [-0.3, -0.25) is 14.4 Å². The van der Waals surface area contributed by atoms with Crippen molar-refractivity contribution in [2.75, 3.05) is 25.5 Å². The van der Waals surface area contributed by atoms with Crippen LogP contribution in [0.5, 0.6) is 5.75 Å². The van der Waals surface area contributed by atoms with Crippen molar-refractivity contribution in [1.82, 2.24) is 10.2 Å². The molecule has 2 aromatic carbocycles. The molecule has 190 valence electrons. The van der Waals surface area contributed by atoms with Crippen molar-refractivity contribution in [2.24, 2.45) is 5.92 Å². The van der Waals surface area contributed by atoms with E-state index in [1.54, 1.807) is 55.6 Å². The van der Waals surface area contributed by atoms with Crippen molar-refractivity contribution < 1.29 is 19.1 Å². The zero-order valence-corrected chi connectivity index (χ0v) is 21.6. The average molecular weight is 482 g/mol. The largest absolute Gasteiger partial charge is 0.497 e. The number of nitrogens with one attached hydrogen (secondary N) is 2. The normalized spacial score (nSPS) is 11.6. The van der Waals surface area contributed by atoms with E-state index in [9.17, 15) is 14.4 Å². The van der Waals surface area contributed by atoms with Gasteiger partial charge in [-0.15, -0.1) is 0 Å². The standard InChI is InChI=1S/C28H39N3O4/c1-6-8-18-31(19-9-7-2)28(34)25(20(3)4)30-27(33)23-12-10-11-13-24(23)29-26(32)21-14-16-22(35-5)17-15-21/h10-17,20,25H,6-9,18-19H2,1-5H3,(H,29,32)(H,30,33)/t25-/m1/s1. The highest BCUT2D eigenvalue weighted by atomic mass is 16.5. The molecule has 2 rings (SSSR count). The predicted octanol–water partition coefficient (Wildman–Crippen LogP) is 5.13. The molecule has 0 spiro atoms. The lowest BCUT2D eigenvalue weighted by Crippen LogP contribution is -2.51. The Balaban J connectivity index is 2.20. The summed E-state index contributed by atoms with van der Waals surface area (Å²) in [7, 11) is 1.56. The number of para-hydroxylation sites is 1. The molecule has 0 fully saturated rings. The monoisotopic (exact) mass is 481 g/mol. The Hall–Kier alpha value is -3.35. The van der Waals surface area contributed by atoms with E-state index in [1.807, 2.05) is 18.7 Å². The summed E-state index contributed by atoms with van der Waals surface area (Å²) in [4.78, 5) is 41.3. The second-order valence-electron chi connectivity index (χ2n) is 8.96. The fraction of sp³-hybridized carbons (Fsp3) is 0.464. The molecule has 0 heterocycles. The highest BCUT2D eigenvalue weighted by molar-refractivity contribution is 6.09. The number of methoxy groups -OCH3 is 1. The number of hydrogen-bond donors (Lipinski definition) is 2. The van der Waals surface area contributed by atoms with Crippen molar-refractivity contribution in [2.45, 2.75) is 59.4 Å². The van der Waals surface area contributed by atoms with Gasteiger partial charge in [0.05, 0.1) is 18.4 Å². The van der Waals surface area contributed by atoms with Crippen molar-refractivity contribution in [3.05, 3.63) is 59.7 Å². The molecule has 2 N–H and O–H groups in total. The lowest BCUT2D eigenvalue weighted by molar-refractivity contribution is -0.134. The van der Waals surface area contributed by atoms with E-state index in [-0.39, 0.29) is 17.7 Å². The summed E-state index contributed by atoms with van der Waals surface area (Å²) in [5, 5.41) is 5.76. The van der Waals surface area contributed by atoms with Crippen LogP contribution in [-0.4, -0.2) is 48.9 Å². The molecule has 3 amide bonds. The minimum atomic E-state index is -0.651. The number of hydrogen-bond acceptors (Lipinski definition) is 4. The van der Waals surface area contributed by atoms with Gasteiger partial charge in [-0.2, -0.15) is 0 Å². The number of rotatable bonds is 13. The molecule has 0 radical (unpaired) electrons. The van der Waals surface area contributed by atoms with Gasteiger partial charge in [-0.25, -0.2) is 0 Å². The van der Waals surface area contributed by atoms with E-state index >= 15 is 0 Å². The van der Waals surface area contributed by atoms with Crippen LogP contribution in [0.4, 0.5) is 5.69 Å². The summed E-state index contributed by atoms with van der Waals surface area (Å²) < 4.78 is 5.14. The second kappa shape index (κ2) is 14.1. The Morgan fingerprint density at radius 2 is 1.49 bits per heavy atom. The maximum absolute atomic E-state index is 13.4. The molecule has 35 heavy (non-hydrogen) atoms. The van der Waals surface area contributed by atoms with E-state index < -0.39 is 11.9 Å². The molecule has 0 aliphatic carbocycles. The molecule has 0 bridgehead atoms. The fourth-order valence-corrected chi connectivity index (χ4v) is 3.69. The van der Waals surface area contributed by atoms with Crippen molar-refractivity contribution >= 4 is 23.4 Å². The highest BCUT2D eigenvalue weighted by Crippen LogP contribution is 2.19. The quantitative estimate of drug-likeness (QED) is 0.415. The van der Waals surface area contributed by atoms with Gasteiger partial charge in [0.25, 0.3) is 11.8 Å². The minimum absolute atomic E-state index is 0.0602. The molecular weight excluding hydrogens is 442 g/mol. The van der Waals surface area contributed by atoms with Gasteiger partial charge in [0.2, 0.25) is 5.91 Å². The summed E-state index contributed by atoms with van der Waals surface area (Å²) in [6.45, 7) is 9.42. The topological polar surface area (TPSA) is 87.7 Å². The van der Waals surface area contributed by atoms with Crippen LogP contribution >= 0.6 is 0 Å². The first kappa shape index (κ1) is 27.9. The van der Waals surface area contributed by atoms with Crippen LogP contribution < -0.4 is 15.4 Å². The summed E-state index contributed by atoms with van der Waals surface area (Å²) in [5.41, 5.74) is 1.13. The van der Waals surface area contributed by atoms with Crippen molar-refractivity contribution in [3.63, 3.8) is 0 Å². The Morgan fingerprint density at radius 3 is 2.03 bits per heavy atom. The van der Waals surface area contributed by atoms with E-state index in [2.05, 4.69) is 24.5 Å². The number of carbonyl (C=O) groups excluding carboxylic acids is 3. The maximum atomic E-state index is 13.4. The zero-order valence-electron chi connectivity index (χ0n) is 21.6. The summed E-state index contributed by atoms with van der Waals surface area (Å²) in [5.74, 6) is -0.228. The molecule has 7 nitrogen and oxygen atoms in total. The van der Waals surface area contributed by atoms with Crippen LogP contribution in [0.3, 0.4) is 0 Å². The average Bonchev–Trinajstić information content (AvgIpc) is 2.87. The smallest absolute Gasteiger partial charge is 0.255 e. The second-order valence-corrected chi connectivity index (χ2v) is 8.96. The molecule has 0 aliphatic rings. The van der Waals surface area contributed by atoms with Crippen LogP contribution in [0.15, 0.2) is 48.5 Å². The maximum Gasteiger partial charge on any atom is 0.255 e. The van der Waals surface area contributed by atoms with Crippen LogP contribution in [-0.2, 0) is 4.79 Å². The molecule has 0 saturated carbocycles. The number of ether oxygens (including phenoxy) is 1. The van der Waals surface area contributed by atoms with Crippen LogP contribution in [0.25, 0.3) is 0 Å². The van der Waals surface area contributed by atoms with Crippen LogP contribution in [0, 0.1) is 5.92 Å². The fourth-order valence-electron chi connectivity index (χ4n) is 3.69. The van der Waals surface area contributed by atoms with Gasteiger partial charge in [0.15, 0.2) is 0 Å². The molecule has 2 aromatic rings. The lowest BCUT2D eigenvalue weighted by atomic mass is 10.0. The number of amides is 3. The number of nitrogens with zero attached hydrogens (tertiary/aromatic N) is 1. The van der Waals surface area contributed by atoms with Gasteiger partial charge < -0.3 is 20.3 Å². The number of anilines is 1. The first-order valence-corrected chi connectivity index (χ1v) is 12.5. The number of benzene rings is 2. The van der Waals surface area contributed by atoms with Crippen molar-refractivity contribution in [1.29, 1.82) is 0 Å². The molecule has 0 aliphatic heterocycles. The van der Waals surface area contributed by atoms with E-state index in [1.165, 1.54) is 0 Å². The van der Waals surface area contributed by atoms with Crippen LogP contribution in [0.1, 0.15) is 74.1 Å². The number of carbonyl (C=O) groups is 3. The third kappa shape index (κ3) is 8.12. The van der Waals surface area contributed by atoms with Gasteiger partial charge in [0.1, 0.15) is 11.8 Å². The van der Waals surface area contributed by atoms with E-state index in [0.717, 1.165) is 25.7 Å². The predicted molar refractivity (Wildman–Crippen MR) is 140 cm³/mol. The van der Waals surface area contributed by atoms with Crippen LogP contribution in [0.2, 0.25) is 0 Å². The first-order valence-electron chi connectivity index (χ1n) is 12.5. The Kier molecular flexibility index (Phi) is 11.3. The van der Waals surface area contributed by atoms with E-state index in [4.69, 9.17) is 4.74 Å². The summed E-state index contributed by atoms with van der Waals surface area (Å²) in [6.07, 6.45) is 3.84. The molecule has 0 aromatic heterocycles. The SMILES string of the molecule is CCCCN(CCCC)C(=O)[C@H](NC(=O)c1ccccc1NC(=O)c1ccc(OC)cc1)C(C)C. The molecular formula is C28H39N3O4. The molecule has 7 heteroatoms. The zero-order chi connectivity index (χ0) is 25.8. The Bertz CT molecular complexity index is 964. The van der Waals surface area contributed by atoms with Gasteiger partial charge >= 0.3 is 0 Å². The third-order valence-electron chi connectivity index (χ3n) is 5.87.